The molecule has 5 nitrogen and oxygen atoms in total. The van der Waals surface area contributed by atoms with Crippen LogP contribution in [0.25, 0.3) is 0 Å². The van der Waals surface area contributed by atoms with E-state index in [0.29, 0.717) is 25.7 Å². The topological polar surface area (TPSA) is 79.9 Å². The van der Waals surface area contributed by atoms with E-state index in [0.717, 1.165) is 12.1 Å². The number of nitrogens with one attached hydrogen (secondary N) is 1. The first-order chi connectivity index (χ1) is 9.11. The van der Waals surface area contributed by atoms with Gasteiger partial charge in [-0.1, -0.05) is 6.07 Å². The summed E-state index contributed by atoms with van der Waals surface area (Å²) in [6, 6.07) is 6.16. The third-order valence-corrected chi connectivity index (χ3v) is 2.46. The van der Waals surface area contributed by atoms with Gasteiger partial charge in [0.05, 0.1) is 13.2 Å². The number of aliphatic imine (C=N–C) groups is 1. The molecule has 0 aliphatic carbocycles. The highest BCUT2D eigenvalue weighted by Gasteiger charge is 1.97. The number of aliphatic hydroxyl groups is 1. The van der Waals surface area contributed by atoms with Gasteiger partial charge < -0.3 is 20.9 Å². The van der Waals surface area contributed by atoms with Crippen LogP contribution in [-0.4, -0.2) is 37.4 Å². The average molecular weight is 393 g/mol. The van der Waals surface area contributed by atoms with E-state index in [4.69, 9.17) is 15.6 Å². The summed E-state index contributed by atoms with van der Waals surface area (Å²) >= 11 is 0. The van der Waals surface area contributed by atoms with Crippen LogP contribution in [0.4, 0.5) is 5.69 Å². The molecule has 1 rings (SSSR count). The number of ether oxygens (including phenoxy) is 1. The Bertz CT molecular complexity index is 405. The zero-order valence-corrected chi connectivity index (χ0v) is 14.4. The number of hydrogen-bond donors (Lipinski definition) is 3. The first-order valence-electron chi connectivity index (χ1n) is 6.45. The Morgan fingerprint density at radius 1 is 1.25 bits per heavy atom. The molecule has 0 aliphatic rings. The lowest BCUT2D eigenvalue weighted by Crippen LogP contribution is -2.23. The van der Waals surface area contributed by atoms with E-state index < -0.39 is 0 Å². The zero-order chi connectivity index (χ0) is 14.1. The lowest BCUT2D eigenvalue weighted by Gasteiger charge is -2.08. The van der Waals surface area contributed by atoms with Crippen LogP contribution in [0.15, 0.2) is 23.2 Å². The van der Waals surface area contributed by atoms with E-state index in [1.807, 2.05) is 26.0 Å². The van der Waals surface area contributed by atoms with Crippen molar-refractivity contribution in [1.29, 1.82) is 0 Å². The van der Waals surface area contributed by atoms with E-state index in [-0.39, 0.29) is 30.6 Å². The molecule has 0 bridgehead atoms. The molecule has 0 amide bonds. The summed E-state index contributed by atoms with van der Waals surface area (Å²) < 4.78 is 5.13. The number of nitrogens with zero attached hydrogens (tertiary/aromatic N) is 1. The number of nitrogens with two attached hydrogens (primary N) is 1. The van der Waals surface area contributed by atoms with Crippen LogP contribution in [0.5, 0.6) is 0 Å². The van der Waals surface area contributed by atoms with Gasteiger partial charge in [-0.15, -0.1) is 24.0 Å². The molecule has 0 saturated heterocycles. The van der Waals surface area contributed by atoms with Gasteiger partial charge in [-0.3, -0.25) is 4.99 Å². The minimum Gasteiger partial charge on any atom is -0.394 e. The zero-order valence-electron chi connectivity index (χ0n) is 12.1. The predicted molar refractivity (Wildman–Crippen MR) is 94.0 cm³/mol. The van der Waals surface area contributed by atoms with Gasteiger partial charge in [-0.05, 0) is 43.5 Å². The van der Waals surface area contributed by atoms with Gasteiger partial charge in [0.15, 0.2) is 5.96 Å². The first kappa shape index (κ1) is 19.1. The first-order valence-corrected chi connectivity index (χ1v) is 6.45. The minimum absolute atomic E-state index is 0. The molecule has 6 heteroatoms. The molecule has 0 unspecified atom stereocenters. The van der Waals surface area contributed by atoms with Crippen LogP contribution >= 0.6 is 24.0 Å². The number of halogens is 1. The Kier molecular flexibility index (Phi) is 10.4. The average Bonchev–Trinajstić information content (AvgIpc) is 2.32. The van der Waals surface area contributed by atoms with Crippen LogP contribution in [0, 0.1) is 13.8 Å². The fraction of sp³-hybridized carbons (Fsp3) is 0.500. The lowest BCUT2D eigenvalue weighted by molar-refractivity contribution is 0.0918. The number of benzene rings is 1. The van der Waals surface area contributed by atoms with Gasteiger partial charge in [-0.25, -0.2) is 0 Å². The minimum atomic E-state index is 0. The molecule has 0 fully saturated rings. The number of aliphatic hydroxyl groups excluding tert-OH is 1. The number of anilines is 1. The van der Waals surface area contributed by atoms with Crippen molar-refractivity contribution in [3.05, 3.63) is 29.3 Å². The summed E-state index contributed by atoms with van der Waals surface area (Å²) in [7, 11) is 0. The van der Waals surface area contributed by atoms with Gasteiger partial charge >= 0.3 is 0 Å². The molecule has 20 heavy (non-hydrogen) atoms. The van der Waals surface area contributed by atoms with Crippen LogP contribution in [0.2, 0.25) is 0 Å². The normalized spacial score (nSPS) is 11.1. The molecule has 4 N–H and O–H groups in total. The second-order valence-corrected chi connectivity index (χ2v) is 4.46. The lowest BCUT2D eigenvalue weighted by atomic mass is 10.1. The summed E-state index contributed by atoms with van der Waals surface area (Å²) in [5.74, 6) is 0.409. The van der Waals surface area contributed by atoms with Gasteiger partial charge in [0.2, 0.25) is 0 Å². The van der Waals surface area contributed by atoms with Crippen LogP contribution in [0.3, 0.4) is 0 Å². The third-order valence-electron chi connectivity index (χ3n) is 2.46. The second kappa shape index (κ2) is 10.9. The van der Waals surface area contributed by atoms with E-state index in [2.05, 4.69) is 16.4 Å². The molecule has 0 spiro atoms. The molecule has 0 atom stereocenters. The van der Waals surface area contributed by atoms with E-state index >= 15 is 0 Å². The highest BCUT2D eigenvalue weighted by atomic mass is 127. The predicted octanol–water partition coefficient (Wildman–Crippen LogP) is 2.05. The van der Waals surface area contributed by atoms with Crippen molar-refractivity contribution in [1.82, 2.24) is 0 Å². The van der Waals surface area contributed by atoms with Crippen molar-refractivity contribution in [3.63, 3.8) is 0 Å². The Hall–Kier alpha value is -0.860. The van der Waals surface area contributed by atoms with Gasteiger partial charge in [-0.2, -0.15) is 0 Å². The van der Waals surface area contributed by atoms with Crippen molar-refractivity contribution < 1.29 is 9.84 Å². The van der Waals surface area contributed by atoms with Crippen LogP contribution < -0.4 is 11.1 Å². The largest absolute Gasteiger partial charge is 0.394 e. The van der Waals surface area contributed by atoms with Crippen LogP contribution in [-0.2, 0) is 4.74 Å². The van der Waals surface area contributed by atoms with Crippen LogP contribution in [0.1, 0.15) is 17.5 Å². The summed E-state index contributed by atoms with van der Waals surface area (Å²) in [6.45, 7) is 5.71. The number of guanidine groups is 1. The molecule has 0 radical (unpaired) electrons. The summed E-state index contributed by atoms with van der Waals surface area (Å²) in [4.78, 5) is 4.22. The fourth-order valence-corrected chi connectivity index (χ4v) is 1.77. The summed E-state index contributed by atoms with van der Waals surface area (Å²) in [5.41, 5.74) is 9.13. The summed E-state index contributed by atoms with van der Waals surface area (Å²) in [6.07, 6.45) is 0.787. The molecule has 1 aromatic rings. The summed E-state index contributed by atoms with van der Waals surface area (Å²) in [5, 5.41) is 11.6. The second-order valence-electron chi connectivity index (χ2n) is 4.46. The van der Waals surface area contributed by atoms with Gasteiger partial charge in [0, 0.05) is 18.8 Å². The maximum Gasteiger partial charge on any atom is 0.193 e. The molecule has 0 heterocycles. The van der Waals surface area contributed by atoms with Crippen molar-refractivity contribution in [2.24, 2.45) is 10.7 Å². The SMILES string of the molecule is Cc1cc(C)cc(NC(N)=NCCCOCCO)c1.I. The Morgan fingerprint density at radius 3 is 2.50 bits per heavy atom. The highest BCUT2D eigenvalue weighted by Crippen LogP contribution is 2.13. The van der Waals surface area contributed by atoms with Crippen molar-refractivity contribution in [2.75, 3.05) is 31.7 Å². The maximum absolute atomic E-state index is 8.54. The number of hydrogen-bond acceptors (Lipinski definition) is 3. The molecular weight excluding hydrogens is 369 g/mol. The van der Waals surface area contributed by atoms with E-state index in [9.17, 15) is 0 Å². The smallest absolute Gasteiger partial charge is 0.193 e. The molecule has 0 aromatic heterocycles. The Labute approximate surface area is 137 Å². The molecule has 0 aliphatic heterocycles. The van der Waals surface area contributed by atoms with E-state index in [1.54, 1.807) is 0 Å². The Balaban J connectivity index is 0.00000361. The molecule has 0 saturated carbocycles. The van der Waals surface area contributed by atoms with Crippen molar-refractivity contribution in [2.45, 2.75) is 20.3 Å². The van der Waals surface area contributed by atoms with Gasteiger partial charge in [0.25, 0.3) is 0 Å². The quantitative estimate of drug-likeness (QED) is 0.287. The molecule has 114 valence electrons. The van der Waals surface area contributed by atoms with Crippen molar-refractivity contribution >= 4 is 35.6 Å². The third kappa shape index (κ3) is 8.34. The van der Waals surface area contributed by atoms with Crippen molar-refractivity contribution in [3.8, 4) is 0 Å². The standard InChI is InChI=1S/C14H23N3O2.HI/c1-11-8-12(2)10-13(9-11)17-14(15)16-4-3-6-19-7-5-18;/h8-10,18H,3-7H2,1-2H3,(H3,15,16,17);1H. The number of aryl methyl sites for hydroxylation is 2. The Morgan fingerprint density at radius 2 is 1.90 bits per heavy atom. The maximum atomic E-state index is 8.54. The number of rotatable bonds is 7. The van der Waals surface area contributed by atoms with E-state index in [1.165, 1.54) is 11.1 Å². The van der Waals surface area contributed by atoms with Gasteiger partial charge in [0.1, 0.15) is 0 Å². The molecule has 1 aromatic carbocycles. The molecular formula is C14H24IN3O2. The highest BCUT2D eigenvalue weighted by molar-refractivity contribution is 14.0. The monoisotopic (exact) mass is 393 g/mol. The fourth-order valence-electron chi connectivity index (χ4n) is 1.77.